The van der Waals surface area contributed by atoms with Gasteiger partial charge in [-0.3, -0.25) is 14.4 Å². The predicted molar refractivity (Wildman–Crippen MR) is 302 cm³/mol. The highest BCUT2D eigenvalue weighted by molar-refractivity contribution is 5.72. The molecule has 0 aliphatic carbocycles. The van der Waals surface area contributed by atoms with Crippen molar-refractivity contribution in [1.29, 1.82) is 0 Å². The maximum absolute atomic E-state index is 12.9. The third-order valence-electron chi connectivity index (χ3n) is 11.7. The van der Waals surface area contributed by atoms with Crippen LogP contribution in [0.4, 0.5) is 0 Å². The lowest BCUT2D eigenvalue weighted by molar-refractivity contribution is -0.166. The first-order valence-corrected chi connectivity index (χ1v) is 28.5. The Labute approximate surface area is 431 Å². The predicted octanol–water partition coefficient (Wildman–Crippen LogP) is 19.3. The zero-order valence-electron chi connectivity index (χ0n) is 45.2. The van der Waals surface area contributed by atoms with Crippen LogP contribution in [0.25, 0.3) is 0 Å². The van der Waals surface area contributed by atoms with Gasteiger partial charge in [0.25, 0.3) is 0 Å². The summed E-state index contributed by atoms with van der Waals surface area (Å²) in [5.41, 5.74) is 0. The fourth-order valence-electron chi connectivity index (χ4n) is 7.50. The Morgan fingerprint density at radius 3 is 1.01 bits per heavy atom. The quantitative estimate of drug-likeness (QED) is 0.0262. The molecule has 6 heteroatoms. The fraction of sp³-hybridized carbons (Fsp3) is 0.641. The number of esters is 3. The van der Waals surface area contributed by atoms with Gasteiger partial charge in [0.15, 0.2) is 6.10 Å². The molecular formula is C64H104O6. The first-order valence-electron chi connectivity index (χ1n) is 28.5. The summed E-state index contributed by atoms with van der Waals surface area (Å²) in [7, 11) is 0. The van der Waals surface area contributed by atoms with E-state index in [2.05, 4.69) is 130 Å². The summed E-state index contributed by atoms with van der Waals surface area (Å²) in [6.45, 7) is 6.31. The van der Waals surface area contributed by atoms with Gasteiger partial charge in [-0.2, -0.15) is 0 Å². The summed E-state index contributed by atoms with van der Waals surface area (Å²) in [4.78, 5) is 38.1. The van der Waals surface area contributed by atoms with Crippen LogP contribution in [0.3, 0.4) is 0 Å². The van der Waals surface area contributed by atoms with Crippen molar-refractivity contribution in [1.82, 2.24) is 0 Å². The topological polar surface area (TPSA) is 78.9 Å². The highest BCUT2D eigenvalue weighted by Crippen LogP contribution is 2.14. The lowest BCUT2D eigenvalue weighted by atomic mass is 10.1. The average molecular weight is 970 g/mol. The molecule has 0 fully saturated rings. The highest BCUT2D eigenvalue weighted by Gasteiger charge is 2.19. The molecule has 396 valence electrons. The van der Waals surface area contributed by atoms with E-state index in [0.717, 1.165) is 109 Å². The molecule has 1 unspecified atom stereocenters. The molecule has 0 radical (unpaired) electrons. The molecule has 0 aromatic carbocycles. The number of unbranched alkanes of at least 4 members (excludes halogenated alkanes) is 20. The smallest absolute Gasteiger partial charge is 0.309 e. The maximum atomic E-state index is 12.9. The summed E-state index contributed by atoms with van der Waals surface area (Å²) in [6.07, 6.45) is 79.3. The van der Waals surface area contributed by atoms with E-state index >= 15 is 0 Å². The van der Waals surface area contributed by atoms with E-state index in [4.69, 9.17) is 14.2 Å². The maximum Gasteiger partial charge on any atom is 0.309 e. The summed E-state index contributed by atoms with van der Waals surface area (Å²) >= 11 is 0. The number of hydrogen-bond acceptors (Lipinski definition) is 6. The molecule has 0 amide bonds. The summed E-state index contributed by atoms with van der Waals surface area (Å²) in [6, 6.07) is 0. The highest BCUT2D eigenvalue weighted by atomic mass is 16.6. The third kappa shape index (κ3) is 54.7. The van der Waals surface area contributed by atoms with E-state index in [9.17, 15) is 14.4 Å². The molecule has 0 saturated carbocycles. The molecular weight excluding hydrogens is 865 g/mol. The molecule has 0 aliphatic heterocycles. The van der Waals surface area contributed by atoms with Crippen LogP contribution in [-0.2, 0) is 28.6 Å². The van der Waals surface area contributed by atoms with Gasteiger partial charge in [0.05, 0.1) is 6.42 Å². The van der Waals surface area contributed by atoms with E-state index in [1.807, 2.05) is 6.08 Å². The minimum absolute atomic E-state index is 0.119. The van der Waals surface area contributed by atoms with Gasteiger partial charge >= 0.3 is 17.9 Å². The first-order chi connectivity index (χ1) is 34.5. The minimum Gasteiger partial charge on any atom is -0.462 e. The monoisotopic (exact) mass is 969 g/mol. The number of ether oxygens (including phenoxy) is 3. The second-order valence-electron chi connectivity index (χ2n) is 18.4. The van der Waals surface area contributed by atoms with Crippen molar-refractivity contribution < 1.29 is 28.6 Å². The van der Waals surface area contributed by atoms with Gasteiger partial charge in [-0.1, -0.05) is 239 Å². The van der Waals surface area contributed by atoms with Crippen LogP contribution in [0.1, 0.15) is 245 Å². The first kappa shape index (κ1) is 65.8. The van der Waals surface area contributed by atoms with Gasteiger partial charge in [-0.25, -0.2) is 0 Å². The summed E-state index contributed by atoms with van der Waals surface area (Å²) < 4.78 is 16.7. The average Bonchev–Trinajstić information content (AvgIpc) is 3.36. The Kier molecular flexibility index (Phi) is 54.0. The second kappa shape index (κ2) is 57.4. The van der Waals surface area contributed by atoms with Crippen molar-refractivity contribution in [2.45, 2.75) is 252 Å². The van der Waals surface area contributed by atoms with E-state index < -0.39 is 12.1 Å². The van der Waals surface area contributed by atoms with Crippen molar-refractivity contribution in [2.24, 2.45) is 0 Å². The van der Waals surface area contributed by atoms with Crippen molar-refractivity contribution in [3.05, 3.63) is 122 Å². The van der Waals surface area contributed by atoms with E-state index in [1.54, 1.807) is 6.08 Å². The van der Waals surface area contributed by atoms with Gasteiger partial charge in [0.2, 0.25) is 0 Å². The van der Waals surface area contributed by atoms with Crippen molar-refractivity contribution in [3.63, 3.8) is 0 Å². The number of hydrogen-bond donors (Lipinski definition) is 0. The van der Waals surface area contributed by atoms with Crippen LogP contribution in [0.2, 0.25) is 0 Å². The van der Waals surface area contributed by atoms with Crippen molar-refractivity contribution in [3.8, 4) is 0 Å². The van der Waals surface area contributed by atoms with Gasteiger partial charge < -0.3 is 14.2 Å². The molecule has 0 rings (SSSR count). The fourth-order valence-corrected chi connectivity index (χ4v) is 7.50. The molecule has 0 heterocycles. The number of rotatable bonds is 50. The number of carbonyl (C=O) groups excluding carboxylic acids is 3. The zero-order valence-corrected chi connectivity index (χ0v) is 45.2. The number of carbonyl (C=O) groups is 3. The molecule has 6 nitrogen and oxygen atoms in total. The van der Waals surface area contributed by atoms with E-state index in [1.165, 1.54) is 96.3 Å². The molecule has 0 bridgehead atoms. The van der Waals surface area contributed by atoms with Gasteiger partial charge in [-0.05, 0) is 109 Å². The van der Waals surface area contributed by atoms with Crippen LogP contribution in [0.5, 0.6) is 0 Å². The normalized spacial score (nSPS) is 13.0. The van der Waals surface area contributed by atoms with Crippen LogP contribution in [0.15, 0.2) is 122 Å². The Morgan fingerprint density at radius 1 is 0.314 bits per heavy atom. The Morgan fingerprint density at radius 2 is 0.614 bits per heavy atom. The van der Waals surface area contributed by atoms with Crippen LogP contribution >= 0.6 is 0 Å². The Hall–Kier alpha value is -4.19. The molecule has 0 spiro atoms. The second-order valence-corrected chi connectivity index (χ2v) is 18.4. The Bertz CT molecular complexity index is 1490. The van der Waals surface area contributed by atoms with Crippen molar-refractivity contribution in [2.75, 3.05) is 13.2 Å². The molecule has 0 N–H and O–H groups in total. The van der Waals surface area contributed by atoms with Crippen LogP contribution < -0.4 is 0 Å². The zero-order chi connectivity index (χ0) is 50.7. The summed E-state index contributed by atoms with van der Waals surface area (Å²) in [5, 5.41) is 0. The minimum atomic E-state index is -0.830. The molecule has 0 aliphatic rings. The molecule has 0 aromatic rings. The molecule has 0 aromatic heterocycles. The van der Waals surface area contributed by atoms with E-state index in [0.29, 0.717) is 12.8 Å². The summed E-state index contributed by atoms with van der Waals surface area (Å²) in [5.74, 6) is -1.07. The third-order valence-corrected chi connectivity index (χ3v) is 11.7. The molecule has 1 atom stereocenters. The molecule has 0 saturated heterocycles. The molecule has 70 heavy (non-hydrogen) atoms. The lowest BCUT2D eigenvalue weighted by Crippen LogP contribution is -2.30. The standard InChI is InChI=1S/C64H104O6/c1-4-7-10-13-16-19-22-25-28-30-32-34-36-39-42-45-48-51-54-57-63(66)69-60-61(59-68-62(65)56-53-50-47-44-41-38-35-27-24-21-18-15-12-9-6-3)70-64(67)58-55-52-49-46-43-40-37-33-31-29-26-23-20-17-14-11-8-5-2/h7,9-10,12,16,18-19,21,25,27-29,31-32,34-35,41,44,50,53,61H,4-6,8,11,13-15,17,20,22-24,26,30,33,36-40,42-43,45-49,51-52,54-60H2,1-3H3/b10-7-,12-9-,19-16-,21-18-,28-25-,31-29-,34-32-,35-27-,44-41-,53-50-. The SMILES string of the molecule is CC/C=C\C/C=C\C/C=C\C/C=C\C/C=C\CC(=O)OCC(COC(=O)CCCCCCCC/C=C\C/C=C\C/C=C\C/C=C\CC)OC(=O)CCCCCCCCC/C=C\CCCCCCCCC. The van der Waals surface area contributed by atoms with E-state index in [-0.39, 0.29) is 31.6 Å². The van der Waals surface area contributed by atoms with Gasteiger partial charge in [0, 0.05) is 12.8 Å². The van der Waals surface area contributed by atoms with Crippen molar-refractivity contribution >= 4 is 17.9 Å². The van der Waals surface area contributed by atoms with Gasteiger partial charge in [-0.15, -0.1) is 0 Å². The largest absolute Gasteiger partial charge is 0.462 e. The van der Waals surface area contributed by atoms with Crippen LogP contribution in [-0.4, -0.2) is 37.2 Å². The van der Waals surface area contributed by atoms with Gasteiger partial charge in [0.1, 0.15) is 13.2 Å². The van der Waals surface area contributed by atoms with Crippen LogP contribution in [0, 0.1) is 0 Å². The lowest BCUT2D eigenvalue weighted by Gasteiger charge is -2.18. The number of allylic oxidation sites excluding steroid dienone is 19. The Balaban J connectivity index is 4.52.